The second kappa shape index (κ2) is 4.16. The zero-order valence-electron chi connectivity index (χ0n) is 8.26. The first-order chi connectivity index (χ1) is 7.15. The molecule has 15 heavy (non-hydrogen) atoms. The lowest BCUT2D eigenvalue weighted by atomic mass is 10.1. The van der Waals surface area contributed by atoms with Gasteiger partial charge in [-0.15, -0.1) is 0 Å². The summed E-state index contributed by atoms with van der Waals surface area (Å²) in [5.41, 5.74) is 5.95. The lowest BCUT2D eigenvalue weighted by molar-refractivity contribution is 0.555. The number of rotatable bonds is 4. The molecule has 0 bridgehead atoms. The summed E-state index contributed by atoms with van der Waals surface area (Å²) in [5, 5.41) is 4.31. The van der Waals surface area contributed by atoms with Gasteiger partial charge in [0.15, 0.2) is 0 Å². The van der Waals surface area contributed by atoms with Gasteiger partial charge in [-0.05, 0) is 30.9 Å². The highest BCUT2D eigenvalue weighted by molar-refractivity contribution is 6.35. The maximum atomic E-state index is 5.98. The first-order valence-corrected chi connectivity index (χ1v) is 5.66. The Labute approximate surface area is 99.0 Å². The summed E-state index contributed by atoms with van der Waals surface area (Å²) in [6, 6.07) is 1.68. The number of halogens is 2. The average molecular weight is 246 g/mol. The van der Waals surface area contributed by atoms with E-state index in [0.717, 1.165) is 6.54 Å². The summed E-state index contributed by atoms with van der Waals surface area (Å²) in [6.07, 6.45) is 3.95. The minimum atomic E-state index is 0.268. The quantitative estimate of drug-likeness (QED) is 0.858. The normalized spacial score (nSPS) is 17.5. The van der Waals surface area contributed by atoms with Gasteiger partial charge in [-0.3, -0.25) is 0 Å². The zero-order valence-corrected chi connectivity index (χ0v) is 9.78. The van der Waals surface area contributed by atoms with E-state index in [1.807, 2.05) is 0 Å². The number of nitrogens with two attached hydrogens (primary N) is 1. The van der Waals surface area contributed by atoms with Crippen molar-refractivity contribution in [2.45, 2.75) is 12.8 Å². The van der Waals surface area contributed by atoms with Gasteiger partial charge in [0.2, 0.25) is 0 Å². The van der Waals surface area contributed by atoms with Crippen molar-refractivity contribution in [1.82, 2.24) is 4.98 Å². The monoisotopic (exact) mass is 245 g/mol. The summed E-state index contributed by atoms with van der Waals surface area (Å²) >= 11 is 11.7. The van der Waals surface area contributed by atoms with Crippen molar-refractivity contribution in [3.63, 3.8) is 0 Å². The molecule has 3 N–H and O–H groups in total. The number of hydrogen-bond acceptors (Lipinski definition) is 3. The molecule has 0 unspecified atom stereocenters. The molecule has 1 aromatic rings. The molecule has 1 saturated carbocycles. The van der Waals surface area contributed by atoms with Gasteiger partial charge in [0, 0.05) is 12.7 Å². The molecule has 1 fully saturated rings. The first-order valence-electron chi connectivity index (χ1n) is 4.90. The summed E-state index contributed by atoms with van der Waals surface area (Å²) in [7, 11) is 0. The number of pyridine rings is 1. The Morgan fingerprint density at radius 3 is 2.73 bits per heavy atom. The standard InChI is InChI=1S/C10H13Cl2N3/c11-7-3-8(12)9(14-4-7)15-6-10(5-13)1-2-10/h3-4H,1-2,5-6,13H2,(H,14,15). The van der Waals surface area contributed by atoms with Gasteiger partial charge >= 0.3 is 0 Å². The van der Waals surface area contributed by atoms with Gasteiger partial charge in [-0.25, -0.2) is 4.98 Å². The van der Waals surface area contributed by atoms with Crippen LogP contribution >= 0.6 is 23.2 Å². The number of hydrogen-bond donors (Lipinski definition) is 2. The van der Waals surface area contributed by atoms with Crippen LogP contribution in [0.15, 0.2) is 12.3 Å². The van der Waals surface area contributed by atoms with E-state index in [-0.39, 0.29) is 5.41 Å². The van der Waals surface area contributed by atoms with Crippen LogP contribution in [0.1, 0.15) is 12.8 Å². The second-order valence-electron chi connectivity index (χ2n) is 4.04. The highest BCUT2D eigenvalue weighted by atomic mass is 35.5. The lowest BCUT2D eigenvalue weighted by Crippen LogP contribution is -2.24. The second-order valence-corrected chi connectivity index (χ2v) is 4.89. The lowest BCUT2D eigenvalue weighted by Gasteiger charge is -2.14. The van der Waals surface area contributed by atoms with Crippen LogP contribution in [0.5, 0.6) is 0 Å². The fraction of sp³-hybridized carbons (Fsp3) is 0.500. The molecule has 1 aliphatic carbocycles. The first kappa shape index (κ1) is 11.0. The highest BCUT2D eigenvalue weighted by Crippen LogP contribution is 2.44. The van der Waals surface area contributed by atoms with Crippen molar-refractivity contribution in [2.75, 3.05) is 18.4 Å². The van der Waals surface area contributed by atoms with Crippen LogP contribution in [0.25, 0.3) is 0 Å². The Bertz CT molecular complexity index is 364. The maximum absolute atomic E-state index is 5.98. The molecule has 1 aliphatic rings. The molecule has 0 atom stereocenters. The predicted molar refractivity (Wildman–Crippen MR) is 63.5 cm³/mol. The Kier molecular flexibility index (Phi) is 3.05. The van der Waals surface area contributed by atoms with Crippen LogP contribution in [-0.2, 0) is 0 Å². The van der Waals surface area contributed by atoms with Gasteiger partial charge in [0.1, 0.15) is 5.82 Å². The third-order valence-corrected chi connectivity index (χ3v) is 3.32. The predicted octanol–water partition coefficient (Wildman–Crippen LogP) is 2.54. The smallest absolute Gasteiger partial charge is 0.144 e. The van der Waals surface area contributed by atoms with Gasteiger partial charge in [0.25, 0.3) is 0 Å². The summed E-state index contributed by atoms with van der Waals surface area (Å²) < 4.78 is 0. The third-order valence-electron chi connectivity index (χ3n) is 2.83. The topological polar surface area (TPSA) is 50.9 Å². The van der Waals surface area contributed by atoms with Crippen molar-refractivity contribution in [1.29, 1.82) is 0 Å². The van der Waals surface area contributed by atoms with E-state index in [1.165, 1.54) is 12.8 Å². The molecule has 0 aromatic carbocycles. The minimum absolute atomic E-state index is 0.268. The van der Waals surface area contributed by atoms with E-state index < -0.39 is 0 Å². The van der Waals surface area contributed by atoms with Gasteiger partial charge in [-0.2, -0.15) is 0 Å². The van der Waals surface area contributed by atoms with E-state index in [2.05, 4.69) is 10.3 Å². The van der Waals surface area contributed by atoms with E-state index in [0.29, 0.717) is 22.4 Å². The van der Waals surface area contributed by atoms with Crippen molar-refractivity contribution in [2.24, 2.45) is 11.1 Å². The van der Waals surface area contributed by atoms with Crippen LogP contribution in [0.2, 0.25) is 10.0 Å². The fourth-order valence-electron chi connectivity index (χ4n) is 1.45. The minimum Gasteiger partial charge on any atom is -0.368 e. The largest absolute Gasteiger partial charge is 0.368 e. The van der Waals surface area contributed by atoms with Gasteiger partial charge in [0.05, 0.1) is 10.0 Å². The van der Waals surface area contributed by atoms with Crippen molar-refractivity contribution >= 4 is 29.0 Å². The van der Waals surface area contributed by atoms with Crippen LogP contribution in [0, 0.1) is 5.41 Å². The van der Waals surface area contributed by atoms with Crippen LogP contribution in [0.3, 0.4) is 0 Å². The van der Waals surface area contributed by atoms with E-state index in [9.17, 15) is 0 Å². The van der Waals surface area contributed by atoms with Crippen LogP contribution in [0.4, 0.5) is 5.82 Å². The maximum Gasteiger partial charge on any atom is 0.144 e. The third kappa shape index (κ3) is 2.54. The van der Waals surface area contributed by atoms with Gasteiger partial charge < -0.3 is 11.1 Å². The molecule has 0 radical (unpaired) electrons. The van der Waals surface area contributed by atoms with E-state index >= 15 is 0 Å². The molecule has 1 aromatic heterocycles. The number of anilines is 1. The van der Waals surface area contributed by atoms with Crippen LogP contribution < -0.4 is 11.1 Å². The zero-order chi connectivity index (χ0) is 10.9. The van der Waals surface area contributed by atoms with Crippen molar-refractivity contribution < 1.29 is 0 Å². The summed E-state index contributed by atoms with van der Waals surface area (Å²) in [5.74, 6) is 0.681. The van der Waals surface area contributed by atoms with Crippen molar-refractivity contribution in [3.05, 3.63) is 22.3 Å². The summed E-state index contributed by atoms with van der Waals surface area (Å²) in [6.45, 7) is 1.54. The number of nitrogens with zero attached hydrogens (tertiary/aromatic N) is 1. The molecular formula is C10H13Cl2N3. The molecule has 0 spiro atoms. The SMILES string of the molecule is NCC1(CNc2ncc(Cl)cc2Cl)CC1. The van der Waals surface area contributed by atoms with E-state index in [1.54, 1.807) is 12.3 Å². The molecule has 5 heteroatoms. The van der Waals surface area contributed by atoms with Gasteiger partial charge in [-0.1, -0.05) is 23.2 Å². The average Bonchev–Trinajstić information content (AvgIpc) is 2.97. The molecular weight excluding hydrogens is 233 g/mol. The van der Waals surface area contributed by atoms with Crippen molar-refractivity contribution in [3.8, 4) is 0 Å². The molecule has 0 amide bonds. The van der Waals surface area contributed by atoms with E-state index in [4.69, 9.17) is 28.9 Å². The molecule has 0 saturated heterocycles. The fourth-order valence-corrected chi connectivity index (χ4v) is 1.89. The number of aromatic nitrogens is 1. The highest BCUT2D eigenvalue weighted by Gasteiger charge is 2.40. The molecule has 3 nitrogen and oxygen atoms in total. The Hall–Kier alpha value is -0.510. The summed E-state index contributed by atoms with van der Waals surface area (Å²) in [4.78, 5) is 4.13. The molecule has 82 valence electrons. The Morgan fingerprint density at radius 2 is 2.20 bits per heavy atom. The molecule has 1 heterocycles. The number of nitrogens with one attached hydrogen (secondary N) is 1. The Morgan fingerprint density at radius 1 is 1.47 bits per heavy atom. The van der Waals surface area contributed by atoms with Crippen LogP contribution in [-0.4, -0.2) is 18.1 Å². The molecule has 2 rings (SSSR count). The Balaban J connectivity index is 1.99. The molecule has 0 aliphatic heterocycles.